The smallest absolute Gasteiger partial charge is 0.303 e. The van der Waals surface area contributed by atoms with Gasteiger partial charge in [-0.15, -0.1) is 0 Å². The lowest BCUT2D eigenvalue weighted by Gasteiger charge is -2.18. The summed E-state index contributed by atoms with van der Waals surface area (Å²) in [5, 5.41) is 11.6. The van der Waals surface area contributed by atoms with Gasteiger partial charge in [-0.3, -0.25) is 24.3 Å². The number of pyridine rings is 1. The molecule has 1 fully saturated rings. The molecular formula is C18H21N3O4S2. The van der Waals surface area contributed by atoms with Crippen molar-refractivity contribution < 1.29 is 19.5 Å². The molecular weight excluding hydrogens is 386 g/mol. The Bertz CT molecular complexity index is 815. The molecule has 0 radical (unpaired) electrons. The third-order valence-electron chi connectivity index (χ3n) is 3.71. The molecule has 27 heavy (non-hydrogen) atoms. The van der Waals surface area contributed by atoms with Crippen molar-refractivity contribution in [3.05, 3.63) is 28.9 Å². The van der Waals surface area contributed by atoms with Gasteiger partial charge in [0.15, 0.2) is 0 Å². The highest BCUT2D eigenvalue weighted by Gasteiger charge is 2.32. The van der Waals surface area contributed by atoms with E-state index in [1.807, 2.05) is 20.8 Å². The van der Waals surface area contributed by atoms with Gasteiger partial charge in [-0.2, -0.15) is 0 Å². The van der Waals surface area contributed by atoms with Crippen LogP contribution in [0.25, 0.3) is 6.08 Å². The number of rotatable bonds is 6. The average molecular weight is 408 g/mol. The van der Waals surface area contributed by atoms with Gasteiger partial charge in [0.1, 0.15) is 4.32 Å². The highest BCUT2D eigenvalue weighted by Crippen LogP contribution is 2.34. The second kappa shape index (κ2) is 8.62. The molecule has 144 valence electrons. The van der Waals surface area contributed by atoms with Crippen LogP contribution in [0, 0.1) is 5.41 Å². The molecule has 1 aromatic rings. The number of carbonyl (C=O) groups is 3. The normalized spacial score (nSPS) is 16.1. The zero-order valence-electron chi connectivity index (χ0n) is 15.3. The van der Waals surface area contributed by atoms with E-state index in [1.54, 1.807) is 24.5 Å². The molecule has 2 amide bonds. The molecule has 2 N–H and O–H groups in total. The third kappa shape index (κ3) is 5.61. The fraction of sp³-hybridized carbons (Fsp3) is 0.389. The third-order valence-corrected chi connectivity index (χ3v) is 5.09. The minimum atomic E-state index is -0.912. The zero-order chi connectivity index (χ0) is 20.2. The lowest BCUT2D eigenvalue weighted by Crippen LogP contribution is -2.29. The van der Waals surface area contributed by atoms with Gasteiger partial charge < -0.3 is 10.4 Å². The number of hydrogen-bond donors (Lipinski definition) is 2. The van der Waals surface area contributed by atoms with Gasteiger partial charge >= 0.3 is 5.97 Å². The van der Waals surface area contributed by atoms with Crippen molar-refractivity contribution >= 4 is 57.8 Å². The van der Waals surface area contributed by atoms with Crippen LogP contribution in [0.1, 0.15) is 39.2 Å². The number of nitrogens with one attached hydrogen (secondary N) is 1. The van der Waals surface area contributed by atoms with E-state index in [0.717, 1.165) is 11.8 Å². The van der Waals surface area contributed by atoms with E-state index in [1.165, 1.54) is 4.90 Å². The molecule has 0 spiro atoms. The summed E-state index contributed by atoms with van der Waals surface area (Å²) in [5.41, 5.74) is 0.593. The molecule has 0 aromatic carbocycles. The number of thiocarbonyl (C=S) groups is 1. The maximum absolute atomic E-state index is 12.6. The van der Waals surface area contributed by atoms with Crippen LogP contribution < -0.4 is 5.32 Å². The Labute approximate surface area is 167 Å². The number of thioether (sulfide) groups is 1. The number of carboxylic acids is 1. The maximum Gasteiger partial charge on any atom is 0.303 e. The molecule has 1 aromatic heterocycles. The summed E-state index contributed by atoms with van der Waals surface area (Å²) in [5.74, 6) is -1.33. The quantitative estimate of drug-likeness (QED) is 0.552. The minimum absolute atomic E-state index is 0.0261. The van der Waals surface area contributed by atoms with E-state index in [-0.39, 0.29) is 24.8 Å². The number of anilines is 1. The molecule has 2 rings (SSSR count). The van der Waals surface area contributed by atoms with Crippen LogP contribution in [0.2, 0.25) is 0 Å². The number of hydrogen-bond acceptors (Lipinski definition) is 6. The van der Waals surface area contributed by atoms with Gasteiger partial charge in [0.05, 0.1) is 10.6 Å². The van der Waals surface area contributed by atoms with Gasteiger partial charge in [0.25, 0.3) is 5.91 Å². The average Bonchev–Trinajstić information content (AvgIpc) is 2.83. The number of aliphatic carboxylic acids is 1. The van der Waals surface area contributed by atoms with Crippen molar-refractivity contribution in [3.8, 4) is 0 Å². The summed E-state index contributed by atoms with van der Waals surface area (Å²) >= 11 is 6.39. The minimum Gasteiger partial charge on any atom is -0.481 e. The molecule has 0 aliphatic carbocycles. The monoisotopic (exact) mass is 407 g/mol. The topological polar surface area (TPSA) is 99.6 Å². The number of carbonyl (C=O) groups excluding carboxylic acids is 2. The first-order valence-electron chi connectivity index (χ1n) is 8.32. The van der Waals surface area contributed by atoms with Gasteiger partial charge in [-0.05, 0) is 18.6 Å². The van der Waals surface area contributed by atoms with Crippen molar-refractivity contribution in [1.29, 1.82) is 0 Å². The number of carboxylic acid groups (broad SMARTS) is 1. The number of nitrogens with zero attached hydrogens (tertiary/aromatic N) is 2. The molecule has 0 bridgehead atoms. The van der Waals surface area contributed by atoms with Gasteiger partial charge in [-0.1, -0.05) is 44.8 Å². The van der Waals surface area contributed by atoms with Crippen LogP contribution >= 0.6 is 24.0 Å². The second-order valence-electron chi connectivity index (χ2n) is 7.00. The van der Waals surface area contributed by atoms with Crippen molar-refractivity contribution in [1.82, 2.24) is 9.88 Å². The van der Waals surface area contributed by atoms with Crippen LogP contribution in [0.3, 0.4) is 0 Å². The SMILES string of the molecule is CC(C)(C)C(=O)Nc1ccncc1/C=C1\SC(=S)N(CCCC(=O)O)C1=O. The van der Waals surface area contributed by atoms with Crippen LogP contribution in [-0.2, 0) is 14.4 Å². The Morgan fingerprint density at radius 2 is 2.11 bits per heavy atom. The Balaban J connectivity index is 2.19. The Hall–Kier alpha value is -2.26. The molecule has 7 nitrogen and oxygen atoms in total. The van der Waals surface area contributed by atoms with Gasteiger partial charge in [-0.25, -0.2) is 0 Å². The summed E-state index contributed by atoms with van der Waals surface area (Å²) in [4.78, 5) is 41.4. The highest BCUT2D eigenvalue weighted by atomic mass is 32.2. The predicted molar refractivity (Wildman–Crippen MR) is 109 cm³/mol. The second-order valence-corrected chi connectivity index (χ2v) is 8.67. The van der Waals surface area contributed by atoms with E-state index in [4.69, 9.17) is 17.3 Å². The summed E-state index contributed by atoms with van der Waals surface area (Å²) < 4.78 is 0.390. The van der Waals surface area contributed by atoms with Crippen molar-refractivity contribution in [2.45, 2.75) is 33.6 Å². The highest BCUT2D eigenvalue weighted by molar-refractivity contribution is 8.26. The summed E-state index contributed by atoms with van der Waals surface area (Å²) in [6.45, 7) is 5.69. The number of amides is 2. The molecule has 1 aliphatic heterocycles. The van der Waals surface area contributed by atoms with Gasteiger partial charge in [0.2, 0.25) is 5.91 Å². The lowest BCUT2D eigenvalue weighted by molar-refractivity contribution is -0.137. The van der Waals surface area contributed by atoms with E-state index < -0.39 is 11.4 Å². The summed E-state index contributed by atoms with van der Waals surface area (Å²) in [6.07, 6.45) is 5.07. The molecule has 1 aliphatic rings. The Morgan fingerprint density at radius 1 is 1.41 bits per heavy atom. The van der Waals surface area contributed by atoms with Crippen molar-refractivity contribution in [2.75, 3.05) is 11.9 Å². The molecule has 9 heteroatoms. The van der Waals surface area contributed by atoms with Crippen molar-refractivity contribution in [3.63, 3.8) is 0 Å². The summed E-state index contributed by atoms with van der Waals surface area (Å²) in [6, 6.07) is 1.67. The first-order valence-corrected chi connectivity index (χ1v) is 9.54. The first kappa shape index (κ1) is 21.0. The van der Waals surface area contributed by atoms with Gasteiger partial charge in [0, 0.05) is 36.3 Å². The van der Waals surface area contributed by atoms with E-state index in [0.29, 0.717) is 26.9 Å². The van der Waals surface area contributed by atoms with Crippen LogP contribution in [-0.4, -0.2) is 43.6 Å². The number of aromatic nitrogens is 1. The largest absolute Gasteiger partial charge is 0.481 e. The first-order chi connectivity index (χ1) is 12.6. The fourth-order valence-corrected chi connectivity index (χ4v) is 3.47. The van der Waals surface area contributed by atoms with Crippen LogP contribution in [0.4, 0.5) is 5.69 Å². The zero-order valence-corrected chi connectivity index (χ0v) is 16.9. The molecule has 0 atom stereocenters. The Kier molecular flexibility index (Phi) is 6.72. The molecule has 0 unspecified atom stereocenters. The Morgan fingerprint density at radius 3 is 2.74 bits per heavy atom. The standard InChI is InChI=1S/C18H21N3O4S2/c1-18(2,3)16(25)20-12-6-7-19-10-11(12)9-13-15(24)21(17(26)27-13)8-4-5-14(22)23/h6-7,9-10H,4-5,8H2,1-3H3,(H,22,23)(H,19,20,25)/b13-9-. The van der Waals surface area contributed by atoms with E-state index in [2.05, 4.69) is 10.3 Å². The predicted octanol–water partition coefficient (Wildman–Crippen LogP) is 3.13. The van der Waals surface area contributed by atoms with Crippen molar-refractivity contribution in [2.24, 2.45) is 5.41 Å². The van der Waals surface area contributed by atoms with E-state index >= 15 is 0 Å². The van der Waals surface area contributed by atoms with Crippen LogP contribution in [0.15, 0.2) is 23.4 Å². The fourth-order valence-electron chi connectivity index (χ4n) is 2.17. The van der Waals surface area contributed by atoms with E-state index in [9.17, 15) is 14.4 Å². The van der Waals surface area contributed by atoms with Crippen LogP contribution in [0.5, 0.6) is 0 Å². The maximum atomic E-state index is 12.6. The molecule has 2 heterocycles. The molecule has 1 saturated heterocycles. The molecule has 0 saturated carbocycles. The lowest BCUT2D eigenvalue weighted by atomic mass is 9.95. The summed E-state index contributed by atoms with van der Waals surface area (Å²) in [7, 11) is 0.